The smallest absolute Gasteiger partial charge is 0.450 e. The number of hydrogen-bond acceptors (Lipinski definition) is 4. The number of carbonyl (C=O) groups is 1. The highest BCUT2D eigenvalue weighted by Crippen LogP contribution is 2.14. The van der Waals surface area contributed by atoms with Crippen LogP contribution in [-0.4, -0.2) is 43.8 Å². The minimum absolute atomic E-state index is 0.238. The van der Waals surface area contributed by atoms with Gasteiger partial charge in [-0.05, 0) is 19.8 Å². The van der Waals surface area contributed by atoms with Crippen LogP contribution in [0.5, 0.6) is 0 Å². The molecule has 0 bridgehead atoms. The van der Waals surface area contributed by atoms with Gasteiger partial charge in [-0.1, -0.05) is 26.2 Å². The molecule has 0 fully saturated rings. The van der Waals surface area contributed by atoms with E-state index in [2.05, 4.69) is 6.92 Å². The minimum Gasteiger partial charge on any atom is -0.450 e. The van der Waals surface area contributed by atoms with Crippen LogP contribution in [0.25, 0.3) is 0 Å². The van der Waals surface area contributed by atoms with E-state index in [9.17, 15) is 4.79 Å². The van der Waals surface area contributed by atoms with Crippen molar-refractivity contribution in [3.8, 4) is 0 Å². The van der Waals surface area contributed by atoms with Crippen molar-refractivity contribution in [1.29, 1.82) is 0 Å². The Morgan fingerprint density at radius 3 is 2.50 bits per heavy atom. The van der Waals surface area contributed by atoms with Gasteiger partial charge in [0.15, 0.2) is 0 Å². The van der Waals surface area contributed by atoms with Crippen LogP contribution in [0.2, 0.25) is 0 Å². The Balaban J connectivity index is 3.98. The molecular weight excluding hydrogens is 236 g/mol. The largest absolute Gasteiger partial charge is 0.506 e. The second-order valence-electron chi connectivity index (χ2n) is 4.34. The van der Waals surface area contributed by atoms with E-state index < -0.39 is 12.3 Å². The second kappa shape index (κ2) is 11.3. The van der Waals surface area contributed by atoms with Gasteiger partial charge in [-0.25, -0.2) is 4.79 Å². The fraction of sp³-hybridized carbons (Fsp3) is 0.923. The first kappa shape index (κ1) is 17.2. The van der Waals surface area contributed by atoms with E-state index in [0.29, 0.717) is 19.6 Å². The highest BCUT2D eigenvalue weighted by atomic mass is 16.7. The first-order valence-electron chi connectivity index (χ1n) is 6.61. The number of methoxy groups -OCH3 is 1. The maximum absolute atomic E-state index is 10.6. The molecule has 0 amide bonds. The van der Waals surface area contributed by atoms with Crippen LogP contribution in [0, 0.1) is 0 Å². The predicted molar refractivity (Wildman–Crippen MR) is 68.9 cm³/mol. The molecule has 0 aromatic rings. The number of hydrogen-bond donors (Lipinski definition) is 1. The molecule has 5 nitrogen and oxygen atoms in total. The summed E-state index contributed by atoms with van der Waals surface area (Å²) in [7, 11) is 1.60. The topological polar surface area (TPSA) is 65.0 Å². The van der Waals surface area contributed by atoms with E-state index in [0.717, 1.165) is 19.3 Å². The van der Waals surface area contributed by atoms with Crippen molar-refractivity contribution in [3.05, 3.63) is 0 Å². The second-order valence-corrected chi connectivity index (χ2v) is 4.34. The lowest BCUT2D eigenvalue weighted by Gasteiger charge is -2.23. The third kappa shape index (κ3) is 9.24. The highest BCUT2D eigenvalue weighted by molar-refractivity contribution is 5.57. The molecule has 18 heavy (non-hydrogen) atoms. The molecule has 2 unspecified atom stereocenters. The van der Waals surface area contributed by atoms with E-state index >= 15 is 0 Å². The van der Waals surface area contributed by atoms with Gasteiger partial charge in [0.05, 0.1) is 19.3 Å². The van der Waals surface area contributed by atoms with Crippen LogP contribution in [0.3, 0.4) is 0 Å². The molecule has 5 heteroatoms. The summed E-state index contributed by atoms with van der Waals surface area (Å²) < 4.78 is 15.2. The SMILES string of the molecule is CCCCCCC(OC(=O)O)C(C)OCCOC. The lowest BCUT2D eigenvalue weighted by atomic mass is 10.1. The van der Waals surface area contributed by atoms with Crippen LogP contribution in [0.15, 0.2) is 0 Å². The lowest BCUT2D eigenvalue weighted by Crippen LogP contribution is -2.32. The van der Waals surface area contributed by atoms with Gasteiger partial charge < -0.3 is 19.3 Å². The van der Waals surface area contributed by atoms with E-state index in [1.165, 1.54) is 6.42 Å². The maximum Gasteiger partial charge on any atom is 0.506 e. The molecule has 0 aliphatic heterocycles. The summed E-state index contributed by atoms with van der Waals surface area (Å²) in [5.41, 5.74) is 0. The Hall–Kier alpha value is -0.810. The molecule has 0 aliphatic carbocycles. The van der Waals surface area contributed by atoms with Gasteiger partial charge in [0.25, 0.3) is 0 Å². The van der Waals surface area contributed by atoms with Gasteiger partial charge >= 0.3 is 6.16 Å². The quantitative estimate of drug-likeness (QED) is 0.458. The molecule has 0 heterocycles. The minimum atomic E-state index is -1.24. The van der Waals surface area contributed by atoms with E-state index in [1.807, 2.05) is 6.92 Å². The summed E-state index contributed by atoms with van der Waals surface area (Å²) in [6.07, 6.45) is 3.22. The van der Waals surface area contributed by atoms with E-state index in [-0.39, 0.29) is 6.10 Å². The zero-order chi connectivity index (χ0) is 13.8. The summed E-state index contributed by atoms with van der Waals surface area (Å²) >= 11 is 0. The third-order valence-electron chi connectivity index (χ3n) is 2.79. The standard InChI is InChI=1S/C13H26O5/c1-4-5-6-7-8-12(18-13(14)15)11(2)17-10-9-16-3/h11-12H,4-10H2,1-3H3,(H,14,15). The summed E-state index contributed by atoms with van der Waals surface area (Å²) in [4.78, 5) is 10.6. The van der Waals surface area contributed by atoms with Crippen molar-refractivity contribution >= 4 is 6.16 Å². The summed E-state index contributed by atoms with van der Waals surface area (Å²) in [5, 5.41) is 8.70. The van der Waals surface area contributed by atoms with Gasteiger partial charge in [0.1, 0.15) is 6.10 Å². The molecule has 0 radical (unpaired) electrons. The van der Waals surface area contributed by atoms with Crippen LogP contribution in [0.4, 0.5) is 4.79 Å². The molecule has 108 valence electrons. The first-order valence-corrected chi connectivity index (χ1v) is 6.61. The van der Waals surface area contributed by atoms with Crippen LogP contribution in [0.1, 0.15) is 46.0 Å². The maximum atomic E-state index is 10.6. The molecule has 0 aromatic heterocycles. The molecule has 1 N–H and O–H groups in total. The number of unbranched alkanes of at least 4 members (excludes halogenated alkanes) is 3. The Morgan fingerprint density at radius 1 is 1.22 bits per heavy atom. The van der Waals surface area contributed by atoms with Crippen LogP contribution < -0.4 is 0 Å². The Labute approximate surface area is 109 Å². The normalized spacial score (nSPS) is 14.2. The molecule has 0 saturated carbocycles. The third-order valence-corrected chi connectivity index (χ3v) is 2.79. The lowest BCUT2D eigenvalue weighted by molar-refractivity contribution is -0.0614. The molecule has 0 spiro atoms. The summed E-state index contributed by atoms with van der Waals surface area (Å²) in [6.45, 7) is 4.93. The molecule has 0 saturated heterocycles. The Bertz CT molecular complexity index is 208. The number of carboxylic acid groups (broad SMARTS) is 1. The average molecular weight is 262 g/mol. The number of rotatable bonds is 11. The zero-order valence-electron chi connectivity index (χ0n) is 11.7. The summed E-state index contributed by atoms with van der Waals surface area (Å²) in [5.74, 6) is 0. The average Bonchev–Trinajstić information content (AvgIpc) is 2.32. The van der Waals surface area contributed by atoms with E-state index in [4.69, 9.17) is 19.3 Å². The highest BCUT2D eigenvalue weighted by Gasteiger charge is 2.21. The fourth-order valence-corrected chi connectivity index (χ4v) is 1.72. The van der Waals surface area contributed by atoms with Crippen molar-refractivity contribution in [1.82, 2.24) is 0 Å². The zero-order valence-corrected chi connectivity index (χ0v) is 11.7. The van der Waals surface area contributed by atoms with Crippen molar-refractivity contribution in [2.45, 2.75) is 58.2 Å². The molecule has 2 atom stereocenters. The van der Waals surface area contributed by atoms with Gasteiger partial charge in [-0.15, -0.1) is 0 Å². The number of ether oxygens (including phenoxy) is 3. The van der Waals surface area contributed by atoms with Gasteiger partial charge in [-0.2, -0.15) is 0 Å². The van der Waals surface area contributed by atoms with Gasteiger partial charge in [0.2, 0.25) is 0 Å². The van der Waals surface area contributed by atoms with Crippen LogP contribution >= 0.6 is 0 Å². The molecule has 0 aliphatic rings. The van der Waals surface area contributed by atoms with E-state index in [1.54, 1.807) is 7.11 Å². The van der Waals surface area contributed by atoms with Crippen LogP contribution in [-0.2, 0) is 14.2 Å². The van der Waals surface area contributed by atoms with Crippen molar-refractivity contribution < 1.29 is 24.1 Å². The molecule has 0 rings (SSSR count). The molecular formula is C13H26O5. The Morgan fingerprint density at radius 2 is 1.94 bits per heavy atom. The predicted octanol–water partition coefficient (Wildman–Crippen LogP) is 3.07. The summed E-state index contributed by atoms with van der Waals surface area (Å²) in [6, 6.07) is 0. The van der Waals surface area contributed by atoms with Crippen molar-refractivity contribution in [3.63, 3.8) is 0 Å². The Kier molecular flexibility index (Phi) is 10.8. The van der Waals surface area contributed by atoms with Gasteiger partial charge in [-0.3, -0.25) is 0 Å². The monoisotopic (exact) mass is 262 g/mol. The van der Waals surface area contributed by atoms with Crippen molar-refractivity contribution in [2.24, 2.45) is 0 Å². The van der Waals surface area contributed by atoms with Gasteiger partial charge in [0, 0.05) is 7.11 Å². The van der Waals surface area contributed by atoms with Crippen molar-refractivity contribution in [2.75, 3.05) is 20.3 Å². The first-order chi connectivity index (χ1) is 8.61. The molecule has 0 aromatic carbocycles. The fourth-order valence-electron chi connectivity index (χ4n) is 1.72.